The number of rotatable bonds is 12. The lowest BCUT2D eigenvalue weighted by molar-refractivity contribution is -0.178. The van der Waals surface area contributed by atoms with Gasteiger partial charge in [-0.3, -0.25) is 4.79 Å². The number of hydrogen-bond donors (Lipinski definition) is 0. The van der Waals surface area contributed by atoms with E-state index in [1.165, 1.54) is 12.5 Å². The van der Waals surface area contributed by atoms with Crippen LogP contribution in [0.2, 0.25) is 0 Å². The minimum Gasteiger partial charge on any atom is -0.463 e. The number of hydrogen-bond acceptors (Lipinski definition) is 6. The van der Waals surface area contributed by atoms with E-state index in [0.29, 0.717) is 18.6 Å². The van der Waals surface area contributed by atoms with Crippen molar-refractivity contribution in [2.45, 2.75) is 64.8 Å². The van der Waals surface area contributed by atoms with Crippen LogP contribution in [0.4, 0.5) is 0 Å². The van der Waals surface area contributed by atoms with Crippen LogP contribution in [-0.4, -0.2) is 41.2 Å². The number of carbonyl (C=O) groups is 1. The molecule has 4 aromatic rings. The van der Waals surface area contributed by atoms with Gasteiger partial charge in [0, 0.05) is 36.8 Å². The fraction of sp³-hybridized carbons (Fsp3) is 0.343. The molecule has 2 aromatic heterocycles. The molecule has 0 saturated heterocycles. The Morgan fingerprint density at radius 3 is 2.69 bits per heavy atom. The SMILES string of the molecule is CCc1ccc2c(-c3cccc(C#N)c3)c(CCCCCO[C@H]3CC=C[C@H](COC(C)=O)O3)c(-c3ccccc3)nn12. The molecule has 0 radical (unpaired) electrons. The van der Waals surface area contributed by atoms with Crippen LogP contribution in [0.25, 0.3) is 27.9 Å². The van der Waals surface area contributed by atoms with Gasteiger partial charge in [-0.05, 0) is 61.1 Å². The number of aryl methyl sites for hydroxylation is 1. The summed E-state index contributed by atoms with van der Waals surface area (Å²) in [6.45, 7) is 4.34. The molecule has 0 amide bonds. The van der Waals surface area contributed by atoms with Gasteiger partial charge in [0.1, 0.15) is 12.7 Å². The first-order valence-corrected chi connectivity index (χ1v) is 14.7. The van der Waals surface area contributed by atoms with E-state index in [1.54, 1.807) is 0 Å². The molecule has 0 aliphatic carbocycles. The molecule has 42 heavy (non-hydrogen) atoms. The highest BCUT2D eigenvalue weighted by atomic mass is 16.7. The van der Waals surface area contributed by atoms with Crippen molar-refractivity contribution in [3.8, 4) is 28.5 Å². The van der Waals surface area contributed by atoms with Gasteiger partial charge < -0.3 is 14.2 Å². The smallest absolute Gasteiger partial charge is 0.302 e. The minimum absolute atomic E-state index is 0.203. The molecule has 3 heterocycles. The lowest BCUT2D eigenvalue weighted by atomic mass is 9.91. The van der Waals surface area contributed by atoms with Gasteiger partial charge in [0.25, 0.3) is 0 Å². The molecule has 0 bridgehead atoms. The number of nitriles is 1. The quantitative estimate of drug-likeness (QED) is 0.104. The first kappa shape index (κ1) is 29.2. The number of fused-ring (bicyclic) bond motifs is 1. The van der Waals surface area contributed by atoms with Gasteiger partial charge in [-0.2, -0.15) is 10.4 Å². The maximum absolute atomic E-state index is 11.1. The zero-order chi connectivity index (χ0) is 29.3. The van der Waals surface area contributed by atoms with Crippen molar-refractivity contribution in [2.75, 3.05) is 13.2 Å². The Labute approximate surface area is 247 Å². The van der Waals surface area contributed by atoms with Gasteiger partial charge in [0.2, 0.25) is 0 Å². The second-order valence-electron chi connectivity index (χ2n) is 10.5. The zero-order valence-electron chi connectivity index (χ0n) is 24.3. The summed E-state index contributed by atoms with van der Waals surface area (Å²) in [5.41, 5.74) is 8.27. The van der Waals surface area contributed by atoms with Crippen LogP contribution in [0, 0.1) is 11.3 Å². The number of aromatic nitrogens is 2. The molecule has 0 fully saturated rings. The van der Waals surface area contributed by atoms with E-state index in [4.69, 9.17) is 19.3 Å². The second-order valence-corrected chi connectivity index (χ2v) is 10.5. The second kappa shape index (κ2) is 14.1. The Morgan fingerprint density at radius 2 is 1.90 bits per heavy atom. The van der Waals surface area contributed by atoms with Crippen LogP contribution in [-0.2, 0) is 31.8 Å². The van der Waals surface area contributed by atoms with Crippen LogP contribution in [0.3, 0.4) is 0 Å². The molecular formula is C35H37N3O4. The van der Waals surface area contributed by atoms with Crippen molar-refractivity contribution in [2.24, 2.45) is 0 Å². The molecular weight excluding hydrogens is 526 g/mol. The van der Waals surface area contributed by atoms with Crippen molar-refractivity contribution in [1.29, 1.82) is 5.26 Å². The maximum Gasteiger partial charge on any atom is 0.302 e. The molecule has 2 atom stereocenters. The Bertz CT molecular complexity index is 1590. The molecule has 7 nitrogen and oxygen atoms in total. The van der Waals surface area contributed by atoms with E-state index in [1.807, 2.05) is 48.6 Å². The van der Waals surface area contributed by atoms with Crippen molar-refractivity contribution < 1.29 is 19.0 Å². The lowest BCUT2D eigenvalue weighted by Crippen LogP contribution is -2.30. The van der Waals surface area contributed by atoms with E-state index in [-0.39, 0.29) is 25.0 Å². The van der Waals surface area contributed by atoms with Crippen LogP contribution >= 0.6 is 0 Å². The van der Waals surface area contributed by atoms with Gasteiger partial charge in [-0.25, -0.2) is 4.52 Å². The van der Waals surface area contributed by atoms with Crippen molar-refractivity contribution in [3.05, 3.63) is 95.7 Å². The Hall–Kier alpha value is -4.25. The van der Waals surface area contributed by atoms with E-state index in [2.05, 4.69) is 47.8 Å². The molecule has 2 aromatic carbocycles. The number of ether oxygens (including phenoxy) is 3. The average Bonchev–Trinajstić information content (AvgIpc) is 3.44. The summed E-state index contributed by atoms with van der Waals surface area (Å²) >= 11 is 0. The van der Waals surface area contributed by atoms with Gasteiger partial charge in [0.05, 0.1) is 22.8 Å². The van der Waals surface area contributed by atoms with Crippen molar-refractivity contribution >= 4 is 11.5 Å². The summed E-state index contributed by atoms with van der Waals surface area (Å²) < 4.78 is 19.0. The normalized spacial score (nSPS) is 16.4. The summed E-state index contributed by atoms with van der Waals surface area (Å²) in [6.07, 6.45) is 8.59. The molecule has 0 N–H and O–H groups in total. The van der Waals surface area contributed by atoms with Gasteiger partial charge in [-0.1, -0.05) is 68.0 Å². The zero-order valence-corrected chi connectivity index (χ0v) is 24.3. The van der Waals surface area contributed by atoms with Gasteiger partial charge >= 0.3 is 5.97 Å². The summed E-state index contributed by atoms with van der Waals surface area (Å²) in [4.78, 5) is 11.1. The third-order valence-corrected chi connectivity index (χ3v) is 7.50. The molecule has 0 spiro atoms. The number of benzene rings is 2. The minimum atomic E-state index is -0.326. The molecule has 0 saturated carbocycles. The number of carbonyl (C=O) groups excluding carboxylic acids is 1. The van der Waals surface area contributed by atoms with E-state index in [0.717, 1.165) is 65.7 Å². The Morgan fingerprint density at radius 1 is 1.07 bits per heavy atom. The van der Waals surface area contributed by atoms with Crippen LogP contribution < -0.4 is 0 Å². The predicted octanol–water partition coefficient (Wildman–Crippen LogP) is 7.07. The molecule has 0 unspecified atom stereocenters. The summed E-state index contributed by atoms with van der Waals surface area (Å²) in [5.74, 6) is -0.316. The largest absolute Gasteiger partial charge is 0.463 e. The highest BCUT2D eigenvalue weighted by Gasteiger charge is 2.21. The third kappa shape index (κ3) is 6.96. The van der Waals surface area contributed by atoms with E-state index < -0.39 is 0 Å². The van der Waals surface area contributed by atoms with Gasteiger partial charge in [0.15, 0.2) is 6.29 Å². The molecule has 216 valence electrons. The van der Waals surface area contributed by atoms with E-state index in [9.17, 15) is 10.1 Å². The Kier molecular flexibility index (Phi) is 9.81. The van der Waals surface area contributed by atoms with E-state index >= 15 is 0 Å². The predicted molar refractivity (Wildman–Crippen MR) is 163 cm³/mol. The number of nitrogens with zero attached hydrogens (tertiary/aromatic N) is 3. The fourth-order valence-corrected chi connectivity index (χ4v) is 5.45. The molecule has 1 aliphatic heterocycles. The van der Waals surface area contributed by atoms with Crippen molar-refractivity contribution in [1.82, 2.24) is 9.61 Å². The van der Waals surface area contributed by atoms with Gasteiger partial charge in [-0.15, -0.1) is 0 Å². The monoisotopic (exact) mass is 563 g/mol. The van der Waals surface area contributed by atoms with Crippen LogP contribution in [0.1, 0.15) is 56.4 Å². The number of unbranched alkanes of at least 4 members (excludes halogenated alkanes) is 2. The fourth-order valence-electron chi connectivity index (χ4n) is 5.45. The summed E-state index contributed by atoms with van der Waals surface area (Å²) in [6, 6.07) is 24.8. The molecule has 1 aliphatic rings. The van der Waals surface area contributed by atoms with Crippen molar-refractivity contribution in [3.63, 3.8) is 0 Å². The maximum atomic E-state index is 11.1. The highest BCUT2D eigenvalue weighted by molar-refractivity contribution is 5.88. The number of esters is 1. The average molecular weight is 564 g/mol. The summed E-state index contributed by atoms with van der Waals surface area (Å²) in [5, 5.41) is 14.8. The first-order valence-electron chi connectivity index (χ1n) is 14.7. The summed E-state index contributed by atoms with van der Waals surface area (Å²) in [7, 11) is 0. The lowest BCUT2D eigenvalue weighted by Gasteiger charge is -2.25. The van der Waals surface area contributed by atoms with Crippen LogP contribution in [0.15, 0.2) is 78.9 Å². The standard InChI is InChI=1S/C35H37N3O4/c1-3-29-19-20-32-34(28-15-10-12-26(22-28)23-36)31(35(37-38(29)32)27-13-6-4-7-14-27)17-8-5-9-21-40-33-18-11-16-30(42-33)24-41-25(2)39/h4,6-7,10-16,19-20,22,30,33H,3,5,8-9,17-18,21,24H2,1-2H3/t30-,33-/m1/s1. The Balaban J connectivity index is 1.34. The topological polar surface area (TPSA) is 85.8 Å². The third-order valence-electron chi connectivity index (χ3n) is 7.50. The molecule has 7 heteroatoms. The highest BCUT2D eigenvalue weighted by Crippen LogP contribution is 2.37. The van der Waals surface area contributed by atoms with Crippen LogP contribution in [0.5, 0.6) is 0 Å². The first-order chi connectivity index (χ1) is 20.6. The molecule has 5 rings (SSSR count).